The van der Waals surface area contributed by atoms with Crippen LogP contribution in [0.1, 0.15) is 68.7 Å². The molecule has 0 saturated carbocycles. The van der Waals surface area contributed by atoms with E-state index in [1.807, 2.05) is 62.3 Å². The molecule has 0 aromatic heterocycles. The van der Waals surface area contributed by atoms with Gasteiger partial charge in [0.2, 0.25) is 0 Å². The standard InChI is InChI=1S/C5H5F2Ge.3C4H9O.Zr/c6-8(7)5-3-1-2-4-5;3*1-4(2,3)5;/h1,3,8H,2H2;3*1-3H3;/q;3*-1;+3. The van der Waals surface area contributed by atoms with Crippen molar-refractivity contribution < 1.29 is 37.0 Å². The summed E-state index contributed by atoms with van der Waals surface area (Å²) in [4.78, 5) is 0. The molecule has 24 heavy (non-hydrogen) atoms. The molecule has 0 fully saturated rings. The molecule has 0 atom stereocenters. The normalized spacial score (nSPS) is 17.3. The summed E-state index contributed by atoms with van der Waals surface area (Å²) in [6, 6.07) is 0. The fourth-order valence-electron chi connectivity index (χ4n) is 2.48. The molecule has 0 amide bonds. The molecule has 0 bridgehead atoms. The van der Waals surface area contributed by atoms with Crippen LogP contribution in [0.3, 0.4) is 0 Å². The topological polar surface area (TPSA) is 27.7 Å². The summed E-state index contributed by atoms with van der Waals surface area (Å²) >= 11 is -8.95. The van der Waals surface area contributed by atoms with Crippen LogP contribution in [0.4, 0.5) is 7.00 Å². The van der Waals surface area contributed by atoms with Gasteiger partial charge < -0.3 is 0 Å². The minimum atomic E-state index is -4.47. The predicted molar refractivity (Wildman–Crippen MR) is 92.7 cm³/mol. The van der Waals surface area contributed by atoms with Crippen LogP contribution >= 0.6 is 0 Å². The van der Waals surface area contributed by atoms with Crippen LogP contribution in [0.15, 0.2) is 19.8 Å². The average molecular weight is 486 g/mol. The van der Waals surface area contributed by atoms with E-state index >= 15 is 0 Å². The molecule has 0 unspecified atom stereocenters. The van der Waals surface area contributed by atoms with Gasteiger partial charge in [-0.25, -0.2) is 0 Å². The fraction of sp³-hybridized carbons (Fsp3) is 0.765. The first-order valence-corrected chi connectivity index (χ1v) is 15.6. The van der Waals surface area contributed by atoms with Crippen molar-refractivity contribution in [2.75, 3.05) is 0 Å². The van der Waals surface area contributed by atoms with E-state index in [9.17, 15) is 7.00 Å². The van der Waals surface area contributed by atoms with Crippen molar-refractivity contribution in [2.45, 2.75) is 85.5 Å². The van der Waals surface area contributed by atoms with E-state index in [-0.39, 0.29) is 4.41 Å². The summed E-state index contributed by atoms with van der Waals surface area (Å²) in [6.45, 7) is 17.3. The zero-order chi connectivity index (χ0) is 19.0. The second kappa shape index (κ2) is 7.72. The Hall–Kier alpha value is 0.646. The SMILES string of the molecule is CC(C)(C)[O][Zr]([O]C(C)(C)C)([O]C(C)(C)C)[C]1=[C]([GeH]([F])[F])C=CC1. The molecule has 0 saturated heterocycles. The van der Waals surface area contributed by atoms with Crippen LogP contribution in [-0.4, -0.2) is 32.1 Å². The Morgan fingerprint density at radius 3 is 1.50 bits per heavy atom. The van der Waals surface area contributed by atoms with Crippen LogP contribution in [0.5, 0.6) is 0 Å². The average Bonchev–Trinajstić information content (AvgIpc) is 2.69. The molecule has 7 heteroatoms. The van der Waals surface area contributed by atoms with Gasteiger partial charge in [0.1, 0.15) is 0 Å². The van der Waals surface area contributed by atoms with Crippen LogP contribution in [0.2, 0.25) is 0 Å². The third-order valence-corrected chi connectivity index (χ3v) is 16.0. The van der Waals surface area contributed by atoms with Crippen LogP contribution in [0.25, 0.3) is 0 Å². The van der Waals surface area contributed by atoms with Gasteiger partial charge in [0.25, 0.3) is 0 Å². The van der Waals surface area contributed by atoms with Gasteiger partial charge >= 0.3 is 158 Å². The second-order valence-electron chi connectivity index (χ2n) is 9.04. The number of hydrogen-bond donors (Lipinski definition) is 0. The van der Waals surface area contributed by atoms with Crippen LogP contribution in [-0.2, 0) is 30.0 Å². The minimum absolute atomic E-state index is 0.191. The third kappa shape index (κ3) is 7.10. The molecular formula is C17H32F2GeO3Zr. The molecule has 0 spiro atoms. The van der Waals surface area contributed by atoms with E-state index in [4.69, 9.17) is 8.44 Å². The van der Waals surface area contributed by atoms with Gasteiger partial charge in [-0.05, 0) is 0 Å². The summed E-state index contributed by atoms with van der Waals surface area (Å²) in [6.07, 6.45) is 3.80. The van der Waals surface area contributed by atoms with Crippen molar-refractivity contribution >= 4 is 15.3 Å². The van der Waals surface area contributed by atoms with Gasteiger partial charge in [-0.2, -0.15) is 0 Å². The number of hydrogen-bond acceptors (Lipinski definition) is 3. The second-order valence-corrected chi connectivity index (χ2v) is 17.3. The predicted octanol–water partition coefficient (Wildman–Crippen LogP) is 5.24. The first kappa shape index (κ1) is 22.7. The van der Waals surface area contributed by atoms with Gasteiger partial charge in [-0.3, -0.25) is 0 Å². The van der Waals surface area contributed by atoms with Crippen LogP contribution < -0.4 is 0 Å². The van der Waals surface area contributed by atoms with Crippen molar-refractivity contribution in [2.24, 2.45) is 0 Å². The summed E-state index contributed by atoms with van der Waals surface area (Å²) in [5.41, 5.74) is -1.62. The fourth-order valence-corrected chi connectivity index (χ4v) is 16.6. The Labute approximate surface area is 157 Å². The Bertz CT molecular complexity index is 471. The maximum absolute atomic E-state index is 13.8. The Balaban J connectivity index is 3.54. The molecule has 1 rings (SSSR count). The van der Waals surface area contributed by atoms with E-state index < -0.39 is 53.7 Å². The van der Waals surface area contributed by atoms with E-state index in [1.165, 1.54) is 0 Å². The van der Waals surface area contributed by atoms with Gasteiger partial charge in [-0.1, -0.05) is 0 Å². The van der Waals surface area contributed by atoms with Gasteiger partial charge in [-0.15, -0.1) is 0 Å². The first-order chi connectivity index (χ1) is 10.5. The van der Waals surface area contributed by atoms with Crippen molar-refractivity contribution in [1.29, 1.82) is 0 Å². The molecule has 0 heterocycles. The molecule has 140 valence electrons. The van der Waals surface area contributed by atoms with Gasteiger partial charge in [0.05, 0.1) is 0 Å². The molecular weight excluding hydrogens is 454 g/mol. The Morgan fingerprint density at radius 2 is 1.21 bits per heavy atom. The number of rotatable bonds is 5. The quantitative estimate of drug-likeness (QED) is 0.498. The molecule has 1 aliphatic rings. The van der Waals surface area contributed by atoms with Gasteiger partial charge in [0.15, 0.2) is 0 Å². The zero-order valence-corrected chi connectivity index (χ0v) is 21.3. The molecule has 3 nitrogen and oxygen atoms in total. The summed E-state index contributed by atoms with van der Waals surface area (Å²) in [5, 5.41) is 0. The molecule has 0 N–H and O–H groups in total. The molecule has 0 aliphatic heterocycles. The van der Waals surface area contributed by atoms with Crippen LogP contribution in [0, 0.1) is 0 Å². The van der Waals surface area contributed by atoms with Crippen molar-refractivity contribution in [3.8, 4) is 0 Å². The number of halogens is 2. The maximum atomic E-state index is 13.8. The monoisotopic (exact) mass is 486 g/mol. The molecule has 0 radical (unpaired) electrons. The Kier molecular flexibility index (Phi) is 7.29. The van der Waals surface area contributed by atoms with Gasteiger partial charge in [0, 0.05) is 0 Å². The van der Waals surface area contributed by atoms with E-state index in [0.717, 1.165) is 0 Å². The Morgan fingerprint density at radius 1 is 0.833 bits per heavy atom. The summed E-state index contributed by atoms with van der Waals surface area (Å²) < 4.78 is 47.6. The van der Waals surface area contributed by atoms with Crippen molar-refractivity contribution in [1.82, 2.24) is 0 Å². The zero-order valence-electron chi connectivity index (χ0n) is 16.4. The molecule has 0 aromatic carbocycles. The first-order valence-electron chi connectivity index (χ1n) is 8.33. The van der Waals surface area contributed by atoms with Crippen molar-refractivity contribution in [3.05, 3.63) is 19.8 Å². The molecule has 1 aliphatic carbocycles. The summed E-state index contributed by atoms with van der Waals surface area (Å²) in [5.74, 6) is 0. The summed E-state index contributed by atoms with van der Waals surface area (Å²) in [7, 11) is 0. The van der Waals surface area contributed by atoms with E-state index in [2.05, 4.69) is 0 Å². The third-order valence-electron chi connectivity index (χ3n) is 2.89. The van der Waals surface area contributed by atoms with Crippen molar-refractivity contribution in [3.63, 3.8) is 0 Å². The number of allylic oxidation sites excluding steroid dienone is 4. The van der Waals surface area contributed by atoms with E-state index in [0.29, 0.717) is 9.70 Å². The molecule has 0 aromatic rings. The van der Waals surface area contributed by atoms with E-state index in [1.54, 1.807) is 12.2 Å².